The molecule has 5 heteroatoms. The Morgan fingerprint density at radius 3 is 2.50 bits per heavy atom. The van der Waals surface area contributed by atoms with Crippen LogP contribution in [0.3, 0.4) is 0 Å². The normalized spacial score (nSPS) is 12.0. The van der Waals surface area contributed by atoms with Crippen LogP contribution in [0.4, 0.5) is 0 Å². The summed E-state index contributed by atoms with van der Waals surface area (Å²) in [6.45, 7) is 0. The van der Waals surface area contributed by atoms with Crippen molar-refractivity contribution in [1.82, 2.24) is 0 Å². The first-order chi connectivity index (χ1) is 10.6. The van der Waals surface area contributed by atoms with Crippen molar-refractivity contribution in [2.45, 2.75) is 6.10 Å². The molecule has 110 valence electrons. The maximum Gasteiger partial charge on any atom is 0.336 e. The fraction of sp³-hybridized carbons (Fsp3) is 0.0588. The highest BCUT2D eigenvalue weighted by molar-refractivity contribution is 5.78. The zero-order valence-electron chi connectivity index (χ0n) is 11.4. The van der Waals surface area contributed by atoms with Crippen molar-refractivity contribution >= 4 is 16.9 Å². The van der Waals surface area contributed by atoms with Crippen LogP contribution in [0.1, 0.15) is 11.7 Å². The van der Waals surface area contributed by atoms with Gasteiger partial charge in [0.1, 0.15) is 11.3 Å². The first-order valence-corrected chi connectivity index (χ1v) is 6.60. The van der Waals surface area contributed by atoms with Gasteiger partial charge in [0.05, 0.1) is 5.97 Å². The smallest absolute Gasteiger partial charge is 0.336 e. The lowest BCUT2D eigenvalue weighted by Crippen LogP contribution is -2.33. The van der Waals surface area contributed by atoms with Crippen molar-refractivity contribution < 1.29 is 19.1 Å². The van der Waals surface area contributed by atoms with Gasteiger partial charge in [0.2, 0.25) is 0 Å². The summed E-state index contributed by atoms with van der Waals surface area (Å²) in [7, 11) is 0. The maximum absolute atomic E-state index is 11.3. The van der Waals surface area contributed by atoms with Crippen molar-refractivity contribution in [1.29, 1.82) is 0 Å². The first-order valence-electron chi connectivity index (χ1n) is 6.60. The van der Waals surface area contributed by atoms with Crippen LogP contribution in [0, 0.1) is 0 Å². The maximum atomic E-state index is 11.3. The SMILES string of the molecule is O=C([O-])[C@@H](Oc1ccc2ccc(=O)oc2c1)c1ccccc1. The Labute approximate surface area is 125 Å². The monoisotopic (exact) mass is 295 g/mol. The standard InChI is InChI=1S/C17H12O5/c18-15-9-7-11-6-8-13(10-14(11)22-15)21-16(17(19)20)12-4-2-1-3-5-12/h1-10,16H,(H,19,20)/p-1/t16-/m0/s1. The van der Waals surface area contributed by atoms with Crippen molar-refractivity contribution in [2.75, 3.05) is 0 Å². The Morgan fingerprint density at radius 2 is 1.77 bits per heavy atom. The van der Waals surface area contributed by atoms with Gasteiger partial charge in [-0.25, -0.2) is 4.79 Å². The average Bonchev–Trinajstić information content (AvgIpc) is 2.52. The Morgan fingerprint density at radius 1 is 1.05 bits per heavy atom. The fourth-order valence-corrected chi connectivity index (χ4v) is 2.13. The highest BCUT2D eigenvalue weighted by Crippen LogP contribution is 2.25. The number of rotatable bonds is 4. The molecule has 1 atom stereocenters. The van der Waals surface area contributed by atoms with Gasteiger partial charge in [-0.05, 0) is 23.8 Å². The minimum Gasteiger partial charge on any atom is -0.546 e. The molecule has 2 aromatic carbocycles. The lowest BCUT2D eigenvalue weighted by atomic mass is 10.1. The van der Waals surface area contributed by atoms with E-state index in [0.717, 1.165) is 5.39 Å². The first kappa shape index (κ1) is 13.9. The zero-order chi connectivity index (χ0) is 15.5. The van der Waals surface area contributed by atoms with Crippen molar-refractivity contribution in [2.24, 2.45) is 0 Å². The molecule has 3 rings (SSSR count). The fourth-order valence-electron chi connectivity index (χ4n) is 2.13. The van der Waals surface area contributed by atoms with Gasteiger partial charge < -0.3 is 19.1 Å². The molecule has 0 N–H and O–H groups in total. The van der Waals surface area contributed by atoms with Crippen LogP contribution in [0.2, 0.25) is 0 Å². The average molecular weight is 295 g/mol. The molecule has 0 aliphatic rings. The Hall–Kier alpha value is -3.08. The van der Waals surface area contributed by atoms with E-state index in [1.165, 1.54) is 12.1 Å². The Bertz CT molecular complexity index is 867. The van der Waals surface area contributed by atoms with Crippen molar-refractivity contribution in [3.63, 3.8) is 0 Å². The number of carbonyl (C=O) groups is 1. The lowest BCUT2D eigenvalue weighted by molar-refractivity contribution is -0.314. The molecule has 0 bridgehead atoms. The third kappa shape index (κ3) is 2.83. The van der Waals surface area contributed by atoms with Crippen LogP contribution in [-0.2, 0) is 4.79 Å². The predicted molar refractivity (Wildman–Crippen MR) is 77.3 cm³/mol. The van der Waals surface area contributed by atoms with E-state index in [-0.39, 0.29) is 5.75 Å². The molecule has 5 nitrogen and oxygen atoms in total. The minimum atomic E-state index is -1.35. The van der Waals surface area contributed by atoms with E-state index in [0.29, 0.717) is 11.1 Å². The summed E-state index contributed by atoms with van der Waals surface area (Å²) < 4.78 is 10.5. The zero-order valence-corrected chi connectivity index (χ0v) is 11.4. The van der Waals surface area contributed by atoms with Gasteiger partial charge in [-0.2, -0.15) is 0 Å². The second-order valence-electron chi connectivity index (χ2n) is 4.68. The van der Waals surface area contributed by atoms with Crippen LogP contribution < -0.4 is 15.5 Å². The molecule has 1 aromatic heterocycles. The lowest BCUT2D eigenvalue weighted by Gasteiger charge is -2.20. The summed E-state index contributed by atoms with van der Waals surface area (Å²) in [6, 6.07) is 16.2. The predicted octanol–water partition coefficient (Wildman–Crippen LogP) is 1.66. The molecule has 0 unspecified atom stereocenters. The van der Waals surface area contributed by atoms with E-state index in [4.69, 9.17) is 9.15 Å². The highest BCUT2D eigenvalue weighted by Gasteiger charge is 2.15. The van der Waals surface area contributed by atoms with E-state index in [1.54, 1.807) is 48.5 Å². The van der Waals surface area contributed by atoms with Crippen LogP contribution in [-0.4, -0.2) is 5.97 Å². The largest absolute Gasteiger partial charge is 0.546 e. The van der Waals surface area contributed by atoms with Gasteiger partial charge in [-0.3, -0.25) is 0 Å². The van der Waals surface area contributed by atoms with E-state index >= 15 is 0 Å². The molecule has 22 heavy (non-hydrogen) atoms. The van der Waals surface area contributed by atoms with Gasteiger partial charge in [0.15, 0.2) is 6.10 Å². The Balaban J connectivity index is 1.96. The molecule has 0 amide bonds. The number of hydrogen-bond acceptors (Lipinski definition) is 5. The summed E-state index contributed by atoms with van der Waals surface area (Å²) in [4.78, 5) is 22.5. The minimum absolute atomic E-state index is 0.278. The summed E-state index contributed by atoms with van der Waals surface area (Å²) >= 11 is 0. The van der Waals surface area contributed by atoms with E-state index < -0.39 is 17.7 Å². The molecular formula is C17H11O5-. The third-order valence-electron chi connectivity index (χ3n) is 3.16. The van der Waals surface area contributed by atoms with Gasteiger partial charge in [-0.15, -0.1) is 0 Å². The molecule has 0 saturated heterocycles. The molecule has 3 aromatic rings. The number of benzene rings is 2. The number of fused-ring (bicyclic) bond motifs is 1. The molecule has 0 spiro atoms. The quantitative estimate of drug-likeness (QED) is 0.684. The number of hydrogen-bond donors (Lipinski definition) is 0. The Kier molecular flexibility index (Phi) is 3.62. The molecule has 0 aliphatic carbocycles. The second-order valence-corrected chi connectivity index (χ2v) is 4.68. The molecule has 1 heterocycles. The summed E-state index contributed by atoms with van der Waals surface area (Å²) in [5, 5.41) is 12.0. The third-order valence-corrected chi connectivity index (χ3v) is 3.16. The van der Waals surface area contributed by atoms with E-state index in [2.05, 4.69) is 0 Å². The van der Waals surface area contributed by atoms with Crippen molar-refractivity contribution in [3.05, 3.63) is 76.6 Å². The van der Waals surface area contributed by atoms with Crippen LogP contribution >= 0.6 is 0 Å². The second kappa shape index (κ2) is 5.73. The van der Waals surface area contributed by atoms with Crippen LogP contribution in [0.15, 0.2) is 69.9 Å². The number of carboxylic acids is 1. The molecule has 0 radical (unpaired) electrons. The summed E-state index contributed by atoms with van der Waals surface area (Å²) in [5.74, 6) is -1.07. The van der Waals surface area contributed by atoms with Crippen LogP contribution in [0.5, 0.6) is 5.75 Å². The van der Waals surface area contributed by atoms with E-state index in [9.17, 15) is 14.7 Å². The number of aliphatic carboxylic acids is 1. The van der Waals surface area contributed by atoms with Gasteiger partial charge >= 0.3 is 5.63 Å². The molecular weight excluding hydrogens is 284 g/mol. The topological polar surface area (TPSA) is 79.6 Å². The number of ether oxygens (including phenoxy) is 1. The molecule has 0 aliphatic heterocycles. The summed E-state index contributed by atoms with van der Waals surface area (Å²) in [5.41, 5.74) is 0.316. The number of carboxylic acid groups (broad SMARTS) is 1. The van der Waals surface area contributed by atoms with Crippen molar-refractivity contribution in [3.8, 4) is 5.75 Å². The number of carbonyl (C=O) groups excluding carboxylic acids is 1. The van der Waals surface area contributed by atoms with Gasteiger partial charge in [-0.1, -0.05) is 30.3 Å². The molecule has 0 saturated carbocycles. The molecule has 0 fully saturated rings. The highest BCUT2D eigenvalue weighted by atomic mass is 16.5. The van der Waals surface area contributed by atoms with Gasteiger partial charge in [0, 0.05) is 17.5 Å². The summed E-state index contributed by atoms with van der Waals surface area (Å²) in [6.07, 6.45) is -1.24. The van der Waals surface area contributed by atoms with Crippen LogP contribution in [0.25, 0.3) is 11.0 Å². The van der Waals surface area contributed by atoms with E-state index in [1.807, 2.05) is 0 Å². The van der Waals surface area contributed by atoms with Gasteiger partial charge in [0.25, 0.3) is 0 Å².